The number of nitrogens with zero attached hydrogens (tertiary/aromatic N) is 1. The van der Waals surface area contributed by atoms with E-state index in [9.17, 15) is 14.9 Å². The van der Waals surface area contributed by atoms with E-state index >= 15 is 0 Å². The van der Waals surface area contributed by atoms with Crippen molar-refractivity contribution in [1.82, 2.24) is 0 Å². The molecule has 0 aliphatic rings. The highest BCUT2D eigenvalue weighted by atomic mass is 16.7. The van der Waals surface area contributed by atoms with E-state index in [2.05, 4.69) is 0 Å². The number of Topliss-reactive ketones (excluding diaryl/α,β-unsaturated/α-hetero) is 1. The minimum atomic E-state index is -0.609. The molecule has 0 atom stereocenters. The van der Waals surface area contributed by atoms with Crippen LogP contribution >= 0.6 is 0 Å². The monoisotopic (exact) mass is 267 g/mol. The van der Waals surface area contributed by atoms with E-state index in [4.69, 9.17) is 9.47 Å². The van der Waals surface area contributed by atoms with E-state index in [0.29, 0.717) is 18.8 Å². The van der Waals surface area contributed by atoms with Gasteiger partial charge in [0.1, 0.15) is 0 Å². The second kappa shape index (κ2) is 7.60. The molecule has 0 saturated carbocycles. The summed E-state index contributed by atoms with van der Waals surface area (Å²) in [4.78, 5) is 22.1. The van der Waals surface area contributed by atoms with Crippen LogP contribution in [0.4, 0.5) is 5.69 Å². The van der Waals surface area contributed by atoms with Gasteiger partial charge >= 0.3 is 0 Å². The van der Waals surface area contributed by atoms with Gasteiger partial charge in [-0.25, -0.2) is 0 Å². The lowest BCUT2D eigenvalue weighted by Crippen LogP contribution is -2.21. The van der Waals surface area contributed by atoms with Crippen LogP contribution in [-0.2, 0) is 9.47 Å². The summed E-state index contributed by atoms with van der Waals surface area (Å²) in [5.74, 6) is -0.240. The van der Waals surface area contributed by atoms with Gasteiger partial charge in [0.2, 0.25) is 0 Å². The Morgan fingerprint density at radius 1 is 1.32 bits per heavy atom. The molecule has 6 nitrogen and oxygen atoms in total. The van der Waals surface area contributed by atoms with Gasteiger partial charge in [0.15, 0.2) is 12.1 Å². The first-order valence-electron chi connectivity index (χ1n) is 6.09. The van der Waals surface area contributed by atoms with Crippen molar-refractivity contribution in [3.8, 4) is 0 Å². The number of ketones is 1. The van der Waals surface area contributed by atoms with Crippen molar-refractivity contribution < 1.29 is 19.2 Å². The number of non-ortho nitro benzene ring substituents is 1. The predicted octanol–water partition coefficient (Wildman–Crippen LogP) is 2.57. The molecule has 0 bridgehead atoms. The number of nitro groups is 1. The smallest absolute Gasteiger partial charge is 0.270 e. The van der Waals surface area contributed by atoms with Crippen LogP contribution in [0.3, 0.4) is 0 Å². The Kier molecular flexibility index (Phi) is 6.11. The van der Waals surface area contributed by atoms with Crippen LogP contribution in [0.5, 0.6) is 0 Å². The van der Waals surface area contributed by atoms with Gasteiger partial charge in [-0.15, -0.1) is 0 Å². The minimum absolute atomic E-state index is 0.0445. The van der Waals surface area contributed by atoms with Crippen LogP contribution in [0.25, 0.3) is 0 Å². The number of ether oxygens (including phenoxy) is 2. The van der Waals surface area contributed by atoms with Gasteiger partial charge in [-0.1, -0.05) is 12.1 Å². The van der Waals surface area contributed by atoms with Gasteiger partial charge in [-0.3, -0.25) is 14.9 Å². The summed E-state index contributed by atoms with van der Waals surface area (Å²) in [7, 11) is 0. The summed E-state index contributed by atoms with van der Waals surface area (Å²) >= 11 is 0. The highest BCUT2D eigenvalue weighted by Crippen LogP contribution is 2.16. The fourth-order valence-corrected chi connectivity index (χ4v) is 1.60. The molecule has 0 aliphatic carbocycles. The molecule has 0 unspecified atom stereocenters. The summed E-state index contributed by atoms with van der Waals surface area (Å²) in [5, 5.41) is 10.6. The molecule has 0 saturated heterocycles. The highest BCUT2D eigenvalue weighted by Gasteiger charge is 2.17. The molecule has 0 amide bonds. The van der Waals surface area contributed by atoms with Crippen LogP contribution in [0.15, 0.2) is 24.3 Å². The standard InChI is InChI=1S/C13H17NO5/c1-3-18-13(19-4-2)9-12(15)10-6-5-7-11(8-10)14(16)17/h5-8,13H,3-4,9H2,1-2H3. The second-order valence-electron chi connectivity index (χ2n) is 3.77. The van der Waals surface area contributed by atoms with E-state index in [0.717, 1.165) is 0 Å². The summed E-state index contributed by atoms with van der Waals surface area (Å²) < 4.78 is 10.6. The van der Waals surface area contributed by atoms with Gasteiger partial charge in [-0.05, 0) is 13.8 Å². The quantitative estimate of drug-likeness (QED) is 0.313. The van der Waals surface area contributed by atoms with Crippen LogP contribution in [0.2, 0.25) is 0 Å². The molecule has 0 aliphatic heterocycles. The van der Waals surface area contributed by atoms with Crippen LogP contribution in [-0.4, -0.2) is 30.2 Å². The van der Waals surface area contributed by atoms with Crippen molar-refractivity contribution in [2.45, 2.75) is 26.6 Å². The van der Waals surface area contributed by atoms with Crippen molar-refractivity contribution in [3.05, 3.63) is 39.9 Å². The SMILES string of the molecule is CCOC(CC(=O)c1cccc([N+](=O)[O-])c1)OCC. The predicted molar refractivity (Wildman–Crippen MR) is 69.1 cm³/mol. The average molecular weight is 267 g/mol. The summed E-state index contributed by atoms with van der Waals surface area (Å²) in [5.41, 5.74) is 0.189. The average Bonchev–Trinajstić information content (AvgIpc) is 2.39. The van der Waals surface area contributed by atoms with Gasteiger partial charge in [0.25, 0.3) is 5.69 Å². The van der Waals surface area contributed by atoms with E-state index in [1.165, 1.54) is 18.2 Å². The number of nitro benzene ring substituents is 1. The van der Waals surface area contributed by atoms with Crippen molar-refractivity contribution in [1.29, 1.82) is 0 Å². The van der Waals surface area contributed by atoms with Crippen molar-refractivity contribution in [2.75, 3.05) is 13.2 Å². The molecule has 0 fully saturated rings. The lowest BCUT2D eigenvalue weighted by Gasteiger charge is -2.15. The van der Waals surface area contributed by atoms with Gasteiger partial charge in [0, 0.05) is 30.9 Å². The summed E-state index contributed by atoms with van der Waals surface area (Å²) in [6.45, 7) is 4.49. The third-order valence-corrected chi connectivity index (χ3v) is 2.44. The zero-order valence-corrected chi connectivity index (χ0v) is 11.0. The first-order chi connectivity index (χ1) is 9.08. The Bertz CT molecular complexity index is 440. The maximum absolute atomic E-state index is 12.0. The molecule has 1 aromatic rings. The molecule has 0 aromatic heterocycles. The topological polar surface area (TPSA) is 78.7 Å². The normalized spacial score (nSPS) is 10.7. The van der Waals surface area contributed by atoms with Crippen LogP contribution in [0.1, 0.15) is 30.6 Å². The Hall–Kier alpha value is -1.79. The highest BCUT2D eigenvalue weighted by molar-refractivity contribution is 5.96. The maximum Gasteiger partial charge on any atom is 0.270 e. The molecule has 104 valence electrons. The van der Waals surface area contributed by atoms with Crippen LogP contribution in [0, 0.1) is 10.1 Å². The van der Waals surface area contributed by atoms with E-state index in [1.54, 1.807) is 6.07 Å². The van der Waals surface area contributed by atoms with E-state index < -0.39 is 11.2 Å². The van der Waals surface area contributed by atoms with Gasteiger partial charge in [-0.2, -0.15) is 0 Å². The molecule has 0 N–H and O–H groups in total. The number of benzene rings is 1. The molecule has 1 aromatic carbocycles. The lowest BCUT2D eigenvalue weighted by atomic mass is 10.1. The lowest BCUT2D eigenvalue weighted by molar-refractivity contribution is -0.384. The third kappa shape index (κ3) is 4.76. The van der Waals surface area contributed by atoms with Crippen LogP contribution < -0.4 is 0 Å². The molecule has 1 rings (SSSR count). The Labute approximate surface area is 111 Å². The molecule has 0 radical (unpaired) electrons. The Morgan fingerprint density at radius 2 is 1.95 bits per heavy atom. The first kappa shape index (κ1) is 15.3. The fourth-order valence-electron chi connectivity index (χ4n) is 1.60. The number of rotatable bonds is 8. The van der Waals surface area contributed by atoms with E-state index in [1.807, 2.05) is 13.8 Å². The largest absolute Gasteiger partial charge is 0.352 e. The Morgan fingerprint density at radius 3 is 2.47 bits per heavy atom. The Balaban J connectivity index is 2.76. The number of carbonyl (C=O) groups excluding carboxylic acids is 1. The maximum atomic E-state index is 12.0. The molecular formula is C13H17NO5. The molecule has 6 heteroatoms. The molecule has 19 heavy (non-hydrogen) atoms. The van der Waals surface area contributed by atoms with Gasteiger partial charge in [0.05, 0.1) is 11.3 Å². The van der Waals surface area contributed by atoms with E-state index in [-0.39, 0.29) is 17.9 Å². The zero-order valence-electron chi connectivity index (χ0n) is 11.0. The molecule has 0 spiro atoms. The fraction of sp³-hybridized carbons (Fsp3) is 0.462. The summed E-state index contributed by atoms with van der Waals surface area (Å²) in [6.07, 6.45) is -0.565. The molecular weight excluding hydrogens is 250 g/mol. The third-order valence-electron chi connectivity index (χ3n) is 2.44. The first-order valence-corrected chi connectivity index (χ1v) is 6.09. The number of carbonyl (C=O) groups is 1. The molecule has 0 heterocycles. The summed E-state index contributed by atoms with van der Waals surface area (Å²) in [6, 6.07) is 5.64. The van der Waals surface area contributed by atoms with Crippen molar-refractivity contribution in [3.63, 3.8) is 0 Å². The van der Waals surface area contributed by atoms with Crippen molar-refractivity contribution >= 4 is 11.5 Å². The number of hydrogen-bond acceptors (Lipinski definition) is 5. The van der Waals surface area contributed by atoms with Gasteiger partial charge < -0.3 is 9.47 Å². The minimum Gasteiger partial charge on any atom is -0.352 e. The van der Waals surface area contributed by atoms with Crippen molar-refractivity contribution in [2.24, 2.45) is 0 Å². The zero-order chi connectivity index (χ0) is 14.3. The second-order valence-corrected chi connectivity index (χ2v) is 3.77. The number of hydrogen-bond donors (Lipinski definition) is 0.